The predicted octanol–water partition coefficient (Wildman–Crippen LogP) is 2.93. The summed E-state index contributed by atoms with van der Waals surface area (Å²) < 4.78 is 31.9. The molecule has 9 heteroatoms. The summed E-state index contributed by atoms with van der Waals surface area (Å²) in [7, 11) is 3.25. The number of rotatable bonds is 5. The van der Waals surface area contributed by atoms with Crippen molar-refractivity contribution >= 4 is 28.5 Å². The Morgan fingerprint density at radius 3 is 2.55 bits per heavy atom. The molecule has 0 aliphatic carbocycles. The molecule has 0 radical (unpaired) electrons. The first-order valence-corrected chi connectivity index (χ1v) is 9.84. The molecule has 31 heavy (non-hydrogen) atoms. The molecular weight excluding hydrogens is 408 g/mol. The summed E-state index contributed by atoms with van der Waals surface area (Å²) in [4.78, 5) is 42.3. The second-order valence-electron chi connectivity index (χ2n) is 7.62. The summed E-state index contributed by atoms with van der Waals surface area (Å²) in [6, 6.07) is 7.40. The van der Waals surface area contributed by atoms with Gasteiger partial charge in [0.05, 0.1) is 30.2 Å². The van der Waals surface area contributed by atoms with Gasteiger partial charge < -0.3 is 15.0 Å². The van der Waals surface area contributed by atoms with E-state index >= 15 is 0 Å². The van der Waals surface area contributed by atoms with E-state index in [2.05, 4.69) is 15.0 Å². The molecule has 0 bridgehead atoms. The normalized spacial score (nSPS) is 17.3. The second kappa shape index (κ2) is 10.4. The molecule has 1 atom stereocenters. The van der Waals surface area contributed by atoms with Crippen molar-refractivity contribution in [1.29, 1.82) is 0 Å². The van der Waals surface area contributed by atoms with Gasteiger partial charge in [0.1, 0.15) is 0 Å². The molecular formula is C22H29F2N3O4. The SMILES string of the molecule is CC(C)C(=O)C1CC(F)(F)CN1C(=O)CNC(=O)c1ccnc2ccccc12.COC.[HH]. The van der Waals surface area contributed by atoms with Crippen molar-refractivity contribution < 1.29 is 29.3 Å². The number of carbonyl (C=O) groups is 3. The molecule has 1 fully saturated rings. The number of likely N-dealkylation sites (tertiary alicyclic amines) is 1. The number of nitrogens with zero attached hydrogens (tertiary/aromatic N) is 2. The number of para-hydroxylation sites is 1. The molecule has 170 valence electrons. The zero-order chi connectivity index (χ0) is 23.2. The first-order valence-electron chi connectivity index (χ1n) is 9.84. The van der Waals surface area contributed by atoms with E-state index in [-0.39, 0.29) is 1.43 Å². The van der Waals surface area contributed by atoms with E-state index in [0.717, 1.165) is 4.90 Å². The molecule has 1 saturated heterocycles. The number of nitrogens with one attached hydrogen (secondary N) is 1. The van der Waals surface area contributed by atoms with E-state index in [9.17, 15) is 23.2 Å². The van der Waals surface area contributed by atoms with E-state index in [4.69, 9.17) is 0 Å². The Morgan fingerprint density at radius 2 is 1.90 bits per heavy atom. The lowest BCUT2D eigenvalue weighted by molar-refractivity contribution is -0.138. The quantitative estimate of drug-likeness (QED) is 0.777. The van der Waals surface area contributed by atoms with E-state index in [0.29, 0.717) is 16.5 Å². The van der Waals surface area contributed by atoms with Crippen LogP contribution in [0.15, 0.2) is 36.5 Å². The molecule has 1 aliphatic rings. The summed E-state index contributed by atoms with van der Waals surface area (Å²) in [6.07, 6.45) is 0.802. The van der Waals surface area contributed by atoms with Crippen LogP contribution in [-0.2, 0) is 14.3 Å². The maximum absolute atomic E-state index is 13.8. The first kappa shape index (κ1) is 24.3. The van der Waals surface area contributed by atoms with Crippen molar-refractivity contribution in [2.45, 2.75) is 32.2 Å². The molecule has 1 aliphatic heterocycles. The van der Waals surface area contributed by atoms with E-state index in [1.54, 1.807) is 52.3 Å². The smallest absolute Gasteiger partial charge is 0.267 e. The van der Waals surface area contributed by atoms with Crippen LogP contribution in [0.25, 0.3) is 10.9 Å². The summed E-state index contributed by atoms with van der Waals surface area (Å²) in [5, 5.41) is 3.09. The average molecular weight is 437 g/mol. The van der Waals surface area contributed by atoms with Gasteiger partial charge in [0, 0.05) is 39.6 Å². The number of Topliss-reactive ketones (excluding diaryl/α,β-unsaturated/α-hetero) is 1. The molecule has 2 amide bonds. The number of benzene rings is 1. The third kappa shape index (κ3) is 6.04. The molecule has 0 saturated carbocycles. The van der Waals surface area contributed by atoms with Gasteiger partial charge in [0.15, 0.2) is 5.78 Å². The molecule has 1 unspecified atom stereocenters. The number of halogens is 2. The highest BCUT2D eigenvalue weighted by Crippen LogP contribution is 2.33. The van der Waals surface area contributed by atoms with Gasteiger partial charge in [0.2, 0.25) is 5.91 Å². The minimum Gasteiger partial charge on any atom is -0.388 e. The van der Waals surface area contributed by atoms with Crippen molar-refractivity contribution in [3.63, 3.8) is 0 Å². The number of hydrogen-bond acceptors (Lipinski definition) is 5. The molecule has 7 nitrogen and oxygen atoms in total. The topological polar surface area (TPSA) is 88.6 Å². The number of hydrogen-bond donors (Lipinski definition) is 1. The minimum atomic E-state index is -3.11. The minimum absolute atomic E-state index is 0. The number of aromatic nitrogens is 1. The Balaban J connectivity index is 0.00000121. The standard InChI is InChI=1S/C20H21F2N3O3.C2H6O.H2/c1-12(2)18(27)16-9-20(21,22)11-25(16)17(26)10-24-19(28)14-7-8-23-15-6-4-3-5-13(14)15;1-3-2;/h3-8,12,16H,9-11H2,1-2H3,(H,24,28);1-2H3;1H. The maximum Gasteiger partial charge on any atom is 0.267 e. The Hall–Kier alpha value is -2.94. The van der Waals surface area contributed by atoms with Crippen LogP contribution in [0.3, 0.4) is 0 Å². The van der Waals surface area contributed by atoms with Gasteiger partial charge in [-0.25, -0.2) is 8.78 Å². The van der Waals surface area contributed by atoms with Gasteiger partial charge in [-0.15, -0.1) is 0 Å². The lowest BCUT2D eigenvalue weighted by Crippen LogP contribution is -2.46. The molecule has 1 aromatic carbocycles. The number of ether oxygens (including phenoxy) is 1. The molecule has 3 rings (SSSR count). The number of amides is 2. The van der Waals surface area contributed by atoms with Crippen LogP contribution in [0, 0.1) is 5.92 Å². The lowest BCUT2D eigenvalue weighted by atomic mass is 9.99. The Morgan fingerprint density at radius 1 is 1.26 bits per heavy atom. The van der Waals surface area contributed by atoms with Gasteiger partial charge in [-0.1, -0.05) is 32.0 Å². The Kier molecular flexibility index (Phi) is 8.15. The average Bonchev–Trinajstić information content (AvgIpc) is 3.06. The van der Waals surface area contributed by atoms with Crippen LogP contribution >= 0.6 is 0 Å². The third-order valence-corrected chi connectivity index (χ3v) is 4.78. The third-order valence-electron chi connectivity index (χ3n) is 4.78. The predicted molar refractivity (Wildman–Crippen MR) is 114 cm³/mol. The number of alkyl halides is 2. The van der Waals surface area contributed by atoms with Crippen molar-refractivity contribution in [1.82, 2.24) is 15.2 Å². The van der Waals surface area contributed by atoms with Crippen molar-refractivity contribution in [3.8, 4) is 0 Å². The highest BCUT2D eigenvalue weighted by molar-refractivity contribution is 6.07. The van der Waals surface area contributed by atoms with Crippen molar-refractivity contribution in [3.05, 3.63) is 42.1 Å². The molecule has 1 aromatic heterocycles. The van der Waals surface area contributed by atoms with Gasteiger partial charge in [-0.3, -0.25) is 19.4 Å². The van der Waals surface area contributed by atoms with Crippen LogP contribution in [0.2, 0.25) is 0 Å². The highest BCUT2D eigenvalue weighted by Gasteiger charge is 2.49. The summed E-state index contributed by atoms with van der Waals surface area (Å²) in [5.74, 6) is -5.20. The Labute approximate surface area is 181 Å². The van der Waals surface area contributed by atoms with Crippen LogP contribution in [0.1, 0.15) is 32.1 Å². The fourth-order valence-corrected chi connectivity index (χ4v) is 3.36. The van der Waals surface area contributed by atoms with E-state index in [1.807, 2.05) is 0 Å². The summed E-state index contributed by atoms with van der Waals surface area (Å²) >= 11 is 0. The second-order valence-corrected chi connectivity index (χ2v) is 7.62. The summed E-state index contributed by atoms with van der Waals surface area (Å²) in [5.41, 5.74) is 0.961. The van der Waals surface area contributed by atoms with E-state index in [1.165, 1.54) is 12.3 Å². The molecule has 1 N–H and O–H groups in total. The van der Waals surface area contributed by atoms with Crippen LogP contribution in [0.5, 0.6) is 0 Å². The monoisotopic (exact) mass is 437 g/mol. The fraction of sp³-hybridized carbons (Fsp3) is 0.455. The summed E-state index contributed by atoms with van der Waals surface area (Å²) in [6.45, 7) is 1.94. The van der Waals surface area contributed by atoms with Crippen LogP contribution in [0.4, 0.5) is 8.78 Å². The number of carbonyl (C=O) groups excluding carboxylic acids is 3. The first-order chi connectivity index (χ1) is 14.6. The highest BCUT2D eigenvalue weighted by atomic mass is 19.3. The van der Waals surface area contributed by atoms with Gasteiger partial charge in [0.25, 0.3) is 11.8 Å². The van der Waals surface area contributed by atoms with Crippen molar-refractivity contribution in [2.24, 2.45) is 5.92 Å². The zero-order valence-electron chi connectivity index (χ0n) is 18.0. The molecule has 2 aromatic rings. The van der Waals surface area contributed by atoms with E-state index < -0.39 is 55.0 Å². The lowest BCUT2D eigenvalue weighted by Gasteiger charge is -2.24. The van der Waals surface area contributed by atoms with Gasteiger partial charge in [-0.2, -0.15) is 0 Å². The van der Waals surface area contributed by atoms with Crippen molar-refractivity contribution in [2.75, 3.05) is 27.3 Å². The van der Waals surface area contributed by atoms with Crippen LogP contribution in [-0.4, -0.2) is 66.8 Å². The largest absolute Gasteiger partial charge is 0.388 e. The maximum atomic E-state index is 13.8. The zero-order valence-corrected chi connectivity index (χ0v) is 18.0. The number of methoxy groups -OCH3 is 1. The number of fused-ring (bicyclic) bond motifs is 1. The Bertz CT molecular complexity index is 950. The molecule has 0 spiro atoms. The van der Waals surface area contributed by atoms with Crippen LogP contribution < -0.4 is 5.32 Å². The fourth-order valence-electron chi connectivity index (χ4n) is 3.36. The number of pyridine rings is 1. The number of ketones is 1. The van der Waals surface area contributed by atoms with Gasteiger partial charge in [-0.05, 0) is 12.1 Å². The molecule has 2 heterocycles. The van der Waals surface area contributed by atoms with Gasteiger partial charge >= 0.3 is 0 Å².